The average Bonchev–Trinajstić information content (AvgIpc) is 2.37. The van der Waals surface area contributed by atoms with E-state index in [1.54, 1.807) is 0 Å². The van der Waals surface area contributed by atoms with E-state index >= 15 is 0 Å². The van der Waals surface area contributed by atoms with E-state index in [1.807, 2.05) is 38.1 Å². The van der Waals surface area contributed by atoms with Gasteiger partial charge in [-0.05, 0) is 44.1 Å². The molecule has 0 unspecified atom stereocenters. The lowest BCUT2D eigenvalue weighted by atomic mass is 9.95. The quantitative estimate of drug-likeness (QED) is 0.566. The van der Waals surface area contributed by atoms with Gasteiger partial charge in [0.2, 0.25) is 0 Å². The smallest absolute Gasteiger partial charge is 0.199 e. The largest absolute Gasteiger partial charge is 0.393 e. The molecule has 1 aromatic carbocycles. The number of nitrogens with two attached hydrogens (primary N) is 1. The SMILES string of the molecule is CC(C)(Cc1ccccc1Cl)Nc1nc(=S)[nH]c(Cl)c1N. The van der Waals surface area contributed by atoms with E-state index in [0.29, 0.717) is 17.9 Å². The minimum Gasteiger partial charge on any atom is -0.393 e. The summed E-state index contributed by atoms with van der Waals surface area (Å²) in [6.07, 6.45) is 0.705. The maximum absolute atomic E-state index is 6.20. The number of halogens is 2. The second-order valence-electron chi connectivity index (χ2n) is 5.40. The van der Waals surface area contributed by atoms with Crippen molar-refractivity contribution in [1.82, 2.24) is 9.97 Å². The number of rotatable bonds is 4. The first kappa shape index (κ1) is 16.1. The second kappa shape index (κ2) is 6.22. The standard InChI is InChI=1S/C14H16Cl2N4S/c1-14(2,7-8-5-3-4-6-9(8)15)20-12-10(17)11(16)18-13(21)19-12/h3-6H,7,17H2,1-2H3,(H2,18,19,20,21). The van der Waals surface area contributed by atoms with Gasteiger partial charge in [-0.25, -0.2) is 4.98 Å². The molecule has 21 heavy (non-hydrogen) atoms. The van der Waals surface area contributed by atoms with Crippen LogP contribution in [0, 0.1) is 4.77 Å². The summed E-state index contributed by atoms with van der Waals surface area (Å²) >= 11 is 17.2. The molecule has 1 aromatic heterocycles. The Bertz CT molecular complexity index is 712. The first-order chi connectivity index (χ1) is 9.78. The number of anilines is 2. The number of hydrogen-bond donors (Lipinski definition) is 3. The predicted molar refractivity (Wildman–Crippen MR) is 91.7 cm³/mol. The maximum atomic E-state index is 6.20. The number of aromatic amines is 1. The molecule has 2 rings (SSSR count). The molecule has 0 spiro atoms. The molecule has 7 heteroatoms. The molecule has 0 saturated heterocycles. The van der Waals surface area contributed by atoms with Gasteiger partial charge in [0.15, 0.2) is 10.6 Å². The molecule has 0 atom stereocenters. The zero-order valence-corrected chi connectivity index (χ0v) is 14.0. The highest BCUT2D eigenvalue weighted by atomic mass is 35.5. The maximum Gasteiger partial charge on any atom is 0.199 e. The monoisotopic (exact) mass is 342 g/mol. The number of nitrogen functional groups attached to an aromatic ring is 1. The molecular weight excluding hydrogens is 327 g/mol. The number of aromatic nitrogens is 2. The van der Waals surface area contributed by atoms with Gasteiger partial charge in [-0.2, -0.15) is 0 Å². The third-order valence-electron chi connectivity index (χ3n) is 2.97. The van der Waals surface area contributed by atoms with Crippen LogP contribution < -0.4 is 11.1 Å². The Kier molecular flexibility index (Phi) is 4.76. The van der Waals surface area contributed by atoms with E-state index in [1.165, 1.54) is 0 Å². The normalized spacial score (nSPS) is 11.4. The minimum absolute atomic E-state index is 0.283. The average molecular weight is 343 g/mol. The molecular formula is C14H16Cl2N4S. The summed E-state index contributed by atoms with van der Waals surface area (Å²) in [5.41, 5.74) is 6.99. The second-order valence-corrected chi connectivity index (χ2v) is 6.57. The Morgan fingerprint density at radius 3 is 2.67 bits per heavy atom. The molecule has 0 bridgehead atoms. The third kappa shape index (κ3) is 4.09. The molecule has 2 aromatic rings. The van der Waals surface area contributed by atoms with Crippen LogP contribution in [0.15, 0.2) is 24.3 Å². The Morgan fingerprint density at radius 1 is 1.33 bits per heavy atom. The van der Waals surface area contributed by atoms with Crippen molar-refractivity contribution in [3.05, 3.63) is 44.8 Å². The molecule has 4 N–H and O–H groups in total. The van der Waals surface area contributed by atoms with Crippen molar-refractivity contribution in [1.29, 1.82) is 0 Å². The fraction of sp³-hybridized carbons (Fsp3) is 0.286. The number of hydrogen-bond acceptors (Lipinski definition) is 4. The Balaban J connectivity index is 2.26. The van der Waals surface area contributed by atoms with E-state index in [4.69, 9.17) is 41.2 Å². The molecule has 112 valence electrons. The molecule has 4 nitrogen and oxygen atoms in total. The summed E-state index contributed by atoms with van der Waals surface area (Å²) in [4.78, 5) is 6.89. The van der Waals surface area contributed by atoms with Crippen LogP contribution in [0.2, 0.25) is 10.2 Å². The Hall–Kier alpha value is -1.30. The van der Waals surface area contributed by atoms with Crippen molar-refractivity contribution in [2.24, 2.45) is 0 Å². The molecule has 0 radical (unpaired) electrons. The van der Waals surface area contributed by atoms with E-state index in [0.717, 1.165) is 10.6 Å². The van der Waals surface area contributed by atoms with Crippen molar-refractivity contribution in [2.45, 2.75) is 25.8 Å². The van der Waals surface area contributed by atoms with E-state index in [-0.39, 0.29) is 15.5 Å². The topological polar surface area (TPSA) is 66.7 Å². The summed E-state index contributed by atoms with van der Waals surface area (Å²) in [5, 5.41) is 4.29. The Morgan fingerprint density at radius 2 is 2.00 bits per heavy atom. The predicted octanol–water partition coefficient (Wildman–Crippen LogP) is 4.46. The van der Waals surface area contributed by atoms with E-state index in [2.05, 4.69) is 15.3 Å². The van der Waals surface area contributed by atoms with Crippen LogP contribution in [0.4, 0.5) is 11.5 Å². The van der Waals surface area contributed by atoms with Crippen molar-refractivity contribution < 1.29 is 0 Å². The third-order valence-corrected chi connectivity index (χ3v) is 3.83. The van der Waals surface area contributed by atoms with E-state index in [9.17, 15) is 0 Å². The Labute approximate surface area is 138 Å². The van der Waals surface area contributed by atoms with Crippen LogP contribution in [0.3, 0.4) is 0 Å². The number of H-pyrrole nitrogens is 1. The van der Waals surface area contributed by atoms with Gasteiger partial charge < -0.3 is 16.0 Å². The van der Waals surface area contributed by atoms with Crippen LogP contribution in [-0.2, 0) is 6.42 Å². The van der Waals surface area contributed by atoms with Gasteiger partial charge in [0.05, 0.1) is 0 Å². The fourth-order valence-electron chi connectivity index (χ4n) is 2.03. The zero-order valence-electron chi connectivity index (χ0n) is 11.7. The van der Waals surface area contributed by atoms with Crippen molar-refractivity contribution in [3.8, 4) is 0 Å². The molecule has 0 fully saturated rings. The lowest BCUT2D eigenvalue weighted by Crippen LogP contribution is -2.34. The van der Waals surface area contributed by atoms with Gasteiger partial charge in [0.1, 0.15) is 10.8 Å². The molecule has 0 aliphatic rings. The van der Waals surface area contributed by atoms with Crippen molar-refractivity contribution in [2.75, 3.05) is 11.1 Å². The van der Waals surface area contributed by atoms with Gasteiger partial charge in [-0.15, -0.1) is 0 Å². The number of nitrogens with zero attached hydrogens (tertiary/aromatic N) is 1. The van der Waals surface area contributed by atoms with Gasteiger partial charge in [0, 0.05) is 10.6 Å². The van der Waals surface area contributed by atoms with Gasteiger partial charge >= 0.3 is 0 Å². The van der Waals surface area contributed by atoms with Crippen LogP contribution in [0.25, 0.3) is 0 Å². The lowest BCUT2D eigenvalue weighted by molar-refractivity contribution is 0.561. The summed E-state index contributed by atoms with van der Waals surface area (Å²) in [5.74, 6) is 0.473. The molecule has 1 heterocycles. The van der Waals surface area contributed by atoms with Gasteiger partial charge in [-0.1, -0.05) is 41.4 Å². The van der Waals surface area contributed by atoms with Crippen LogP contribution in [0.5, 0.6) is 0 Å². The first-order valence-corrected chi connectivity index (χ1v) is 7.52. The van der Waals surface area contributed by atoms with Crippen molar-refractivity contribution in [3.63, 3.8) is 0 Å². The molecule has 0 aliphatic heterocycles. The van der Waals surface area contributed by atoms with Crippen LogP contribution >= 0.6 is 35.4 Å². The van der Waals surface area contributed by atoms with Crippen LogP contribution in [0.1, 0.15) is 19.4 Å². The van der Waals surface area contributed by atoms with Crippen LogP contribution in [-0.4, -0.2) is 15.5 Å². The zero-order chi connectivity index (χ0) is 15.6. The van der Waals surface area contributed by atoms with E-state index < -0.39 is 0 Å². The lowest BCUT2D eigenvalue weighted by Gasteiger charge is -2.28. The van der Waals surface area contributed by atoms with Gasteiger partial charge in [-0.3, -0.25) is 0 Å². The molecule has 0 amide bonds. The number of nitrogens with one attached hydrogen (secondary N) is 2. The number of benzene rings is 1. The highest BCUT2D eigenvalue weighted by Crippen LogP contribution is 2.28. The summed E-state index contributed by atoms with van der Waals surface area (Å²) in [6, 6.07) is 7.73. The summed E-state index contributed by atoms with van der Waals surface area (Å²) in [7, 11) is 0. The summed E-state index contributed by atoms with van der Waals surface area (Å²) in [6.45, 7) is 4.07. The molecule has 0 saturated carbocycles. The molecule has 0 aliphatic carbocycles. The van der Waals surface area contributed by atoms with Crippen molar-refractivity contribution >= 4 is 46.9 Å². The fourth-order valence-corrected chi connectivity index (χ4v) is 2.66. The highest BCUT2D eigenvalue weighted by molar-refractivity contribution is 7.71. The summed E-state index contributed by atoms with van der Waals surface area (Å²) < 4.78 is 0.283. The first-order valence-electron chi connectivity index (χ1n) is 6.35. The highest BCUT2D eigenvalue weighted by Gasteiger charge is 2.22. The van der Waals surface area contributed by atoms with Gasteiger partial charge in [0.25, 0.3) is 0 Å². The minimum atomic E-state index is -0.321.